The van der Waals surface area contributed by atoms with Crippen molar-refractivity contribution >= 4 is 11.8 Å². The summed E-state index contributed by atoms with van der Waals surface area (Å²) in [5, 5.41) is 9.85. The minimum atomic E-state index is -1.09. The zero-order valence-electron chi connectivity index (χ0n) is 4.79. The molecule has 50 valence electrons. The van der Waals surface area contributed by atoms with Gasteiger partial charge in [0.2, 0.25) is 0 Å². The van der Waals surface area contributed by atoms with E-state index in [1.807, 2.05) is 5.18 Å². The van der Waals surface area contributed by atoms with Crippen LogP contribution in [0.25, 0.3) is 5.41 Å². The van der Waals surface area contributed by atoms with E-state index in [2.05, 4.69) is 5.73 Å². The van der Waals surface area contributed by atoms with E-state index in [4.69, 9.17) is 5.41 Å². The maximum absolute atomic E-state index is 9.83. The highest BCUT2D eigenvalue weighted by Gasteiger charge is 1.97. The van der Waals surface area contributed by atoms with Crippen LogP contribution in [0.3, 0.4) is 0 Å². The van der Waals surface area contributed by atoms with E-state index in [0.717, 1.165) is 0 Å². The molecule has 0 saturated carbocycles. The summed E-state index contributed by atoms with van der Waals surface area (Å²) < 4.78 is 0. The summed E-state index contributed by atoms with van der Waals surface area (Å²) in [5.41, 5.74) is 3.66. The quantitative estimate of drug-likeness (QED) is 0.303. The van der Waals surface area contributed by atoms with Gasteiger partial charge in [0.15, 0.2) is 5.70 Å². The molecular weight excluding hydrogens is 124 g/mol. The summed E-state index contributed by atoms with van der Waals surface area (Å²) in [6.45, 7) is 0. The number of carbonyl (C=O) groups excluding carboxylic acids is 1. The maximum Gasteiger partial charge on any atom is 0.277 e. The SMILES string of the molecule is [N-]=C=C(N=O)C(N)=O.[NH4+]. The monoisotopic (exact) mass is 130 g/mol. The van der Waals surface area contributed by atoms with Gasteiger partial charge < -0.3 is 17.3 Å². The standard InChI is InChI=1S/C3H2N3O2.H3N/c4-1-2(6-8)3(5)7;/h(H2,5,7);1H3/q-1;/p+1. The Morgan fingerprint density at radius 3 is 2.11 bits per heavy atom. The van der Waals surface area contributed by atoms with Gasteiger partial charge in [0.05, 0.1) is 0 Å². The van der Waals surface area contributed by atoms with E-state index in [1.54, 1.807) is 0 Å². The van der Waals surface area contributed by atoms with Crippen LogP contribution in [0, 0.1) is 4.91 Å². The smallest absolute Gasteiger partial charge is 0.277 e. The Morgan fingerprint density at radius 2 is 2.11 bits per heavy atom. The molecule has 1 amide bonds. The number of amides is 1. The zero-order chi connectivity index (χ0) is 6.57. The summed E-state index contributed by atoms with van der Waals surface area (Å²) in [6, 6.07) is 0. The molecule has 6 nitrogen and oxygen atoms in total. The van der Waals surface area contributed by atoms with E-state index >= 15 is 0 Å². The molecule has 9 heavy (non-hydrogen) atoms. The van der Waals surface area contributed by atoms with Crippen LogP contribution in [0.5, 0.6) is 0 Å². The first kappa shape index (κ1) is 10.5. The number of nitrogens with two attached hydrogens (primary N) is 1. The molecule has 0 fully saturated rings. The van der Waals surface area contributed by atoms with Gasteiger partial charge in [-0.15, -0.1) is 4.91 Å². The largest absolute Gasteiger partial charge is 0.761 e. The van der Waals surface area contributed by atoms with Crippen LogP contribution in [0.1, 0.15) is 0 Å². The topological polar surface area (TPSA) is 131 Å². The predicted molar refractivity (Wildman–Crippen MR) is 32.9 cm³/mol. The predicted octanol–water partition coefficient (Wildman–Crippen LogP) is -0.263. The van der Waals surface area contributed by atoms with Crippen LogP contribution in [0.2, 0.25) is 0 Å². The third-order valence-corrected chi connectivity index (χ3v) is 0.431. The third kappa shape index (κ3) is 3.10. The van der Waals surface area contributed by atoms with Gasteiger partial charge in [-0.3, -0.25) is 4.79 Å². The number of hydrogen-bond acceptors (Lipinski definition) is 3. The highest BCUT2D eigenvalue weighted by atomic mass is 16.3. The molecule has 0 aliphatic carbocycles. The van der Waals surface area contributed by atoms with Gasteiger partial charge in [-0.2, -0.15) is 0 Å². The molecule has 0 bridgehead atoms. The van der Waals surface area contributed by atoms with Crippen molar-refractivity contribution in [1.29, 1.82) is 0 Å². The van der Waals surface area contributed by atoms with Crippen molar-refractivity contribution in [1.82, 2.24) is 6.15 Å². The Hall–Kier alpha value is -1.52. The minimum Gasteiger partial charge on any atom is -0.761 e. The van der Waals surface area contributed by atoms with Gasteiger partial charge in [0.1, 0.15) is 0 Å². The lowest BCUT2D eigenvalue weighted by Crippen LogP contribution is -2.12. The molecule has 0 spiro atoms. The van der Waals surface area contributed by atoms with Crippen molar-refractivity contribution in [2.45, 2.75) is 0 Å². The van der Waals surface area contributed by atoms with Gasteiger partial charge in [0.25, 0.3) is 5.91 Å². The van der Waals surface area contributed by atoms with Crippen LogP contribution in [-0.2, 0) is 4.79 Å². The molecule has 6 N–H and O–H groups in total. The number of nitrogens with zero attached hydrogens (tertiary/aromatic N) is 2. The molecule has 0 radical (unpaired) electrons. The van der Waals surface area contributed by atoms with Crippen molar-refractivity contribution in [3.05, 3.63) is 16.0 Å². The highest BCUT2D eigenvalue weighted by Crippen LogP contribution is 1.83. The molecule has 0 heterocycles. The minimum absolute atomic E-state index is 0. The first-order chi connectivity index (χ1) is 3.72. The average Bonchev–Trinajstić information content (AvgIpc) is 1.69. The Labute approximate surface area is 50.8 Å². The second-order valence-corrected chi connectivity index (χ2v) is 0.916. The zero-order valence-corrected chi connectivity index (χ0v) is 4.79. The van der Waals surface area contributed by atoms with Crippen molar-refractivity contribution in [2.75, 3.05) is 0 Å². The second kappa shape index (κ2) is 4.63. The summed E-state index contributed by atoms with van der Waals surface area (Å²) in [6.07, 6.45) is 0. The van der Waals surface area contributed by atoms with Crippen LogP contribution in [-0.4, -0.2) is 11.8 Å². The number of primary amides is 1. The molecule has 0 aromatic carbocycles. The van der Waals surface area contributed by atoms with Gasteiger partial charge in [-0.05, 0) is 5.18 Å². The molecule has 0 unspecified atom stereocenters. The number of carbonyl (C=O) groups is 1. The molecular formula is C3H6N4O2. The lowest BCUT2D eigenvalue weighted by molar-refractivity contribution is -0.114. The number of quaternary nitrogens is 1. The number of rotatable bonds is 2. The fourth-order valence-corrected chi connectivity index (χ4v) is 0.120. The average molecular weight is 130 g/mol. The molecule has 0 saturated heterocycles. The molecule has 0 rings (SSSR count). The normalized spacial score (nSPS) is 6.22. The lowest BCUT2D eigenvalue weighted by Gasteiger charge is -1.83. The first-order valence-electron chi connectivity index (χ1n) is 1.62. The molecule has 0 aromatic heterocycles. The summed E-state index contributed by atoms with van der Waals surface area (Å²) in [4.78, 5) is 19.2. The highest BCUT2D eigenvalue weighted by molar-refractivity contribution is 6.00. The van der Waals surface area contributed by atoms with E-state index in [-0.39, 0.29) is 6.15 Å². The second-order valence-electron chi connectivity index (χ2n) is 0.916. The lowest BCUT2D eigenvalue weighted by atomic mass is 10.5. The molecule has 0 aliphatic heterocycles. The van der Waals surface area contributed by atoms with Crippen molar-refractivity contribution < 1.29 is 4.79 Å². The Bertz CT molecular complexity index is 169. The van der Waals surface area contributed by atoms with E-state index in [1.165, 1.54) is 5.87 Å². The molecule has 0 aliphatic rings. The van der Waals surface area contributed by atoms with Crippen LogP contribution < -0.4 is 11.9 Å². The van der Waals surface area contributed by atoms with Crippen molar-refractivity contribution in [3.8, 4) is 0 Å². The van der Waals surface area contributed by atoms with Crippen molar-refractivity contribution in [2.24, 2.45) is 10.9 Å². The maximum atomic E-state index is 9.83. The van der Waals surface area contributed by atoms with Gasteiger partial charge in [-0.25, -0.2) is 5.87 Å². The number of nitroso groups, excluding NO2 is 1. The van der Waals surface area contributed by atoms with Gasteiger partial charge in [-0.1, -0.05) is 0 Å². The molecule has 0 aromatic rings. The third-order valence-electron chi connectivity index (χ3n) is 0.431. The van der Waals surface area contributed by atoms with Crippen LogP contribution in [0.15, 0.2) is 10.9 Å². The fourth-order valence-electron chi connectivity index (χ4n) is 0.120. The fraction of sp³-hybridized carbons (Fsp3) is 0. The van der Waals surface area contributed by atoms with Crippen LogP contribution >= 0.6 is 0 Å². The van der Waals surface area contributed by atoms with E-state index < -0.39 is 11.6 Å². The van der Waals surface area contributed by atoms with Crippen molar-refractivity contribution in [3.63, 3.8) is 0 Å². The Morgan fingerprint density at radius 1 is 1.67 bits per heavy atom. The summed E-state index contributed by atoms with van der Waals surface area (Å²) in [7, 11) is 0. The van der Waals surface area contributed by atoms with E-state index in [0.29, 0.717) is 0 Å². The van der Waals surface area contributed by atoms with Gasteiger partial charge >= 0.3 is 0 Å². The summed E-state index contributed by atoms with van der Waals surface area (Å²) >= 11 is 0. The van der Waals surface area contributed by atoms with Gasteiger partial charge in [0, 0.05) is 0 Å². The number of hydrogen-bond donors (Lipinski definition) is 2. The molecule has 6 heteroatoms. The Balaban J connectivity index is 0. The van der Waals surface area contributed by atoms with E-state index in [9.17, 15) is 9.70 Å². The van der Waals surface area contributed by atoms with Crippen LogP contribution in [0.4, 0.5) is 0 Å². The Kier molecular flexibility index (Phi) is 5.39. The summed E-state index contributed by atoms with van der Waals surface area (Å²) in [5.74, 6) is 0.119. The first-order valence-corrected chi connectivity index (χ1v) is 1.62. The molecule has 0 atom stereocenters.